The van der Waals surface area contributed by atoms with Crippen molar-refractivity contribution in [1.29, 1.82) is 0 Å². The average Bonchev–Trinajstić information content (AvgIpc) is 3.52. The summed E-state index contributed by atoms with van der Waals surface area (Å²) in [5.74, 6) is 5.28. The lowest BCUT2D eigenvalue weighted by molar-refractivity contribution is 0.0613. The van der Waals surface area contributed by atoms with Crippen molar-refractivity contribution in [3.63, 3.8) is 0 Å². The van der Waals surface area contributed by atoms with Crippen LogP contribution in [0.2, 0.25) is 0 Å². The van der Waals surface area contributed by atoms with Gasteiger partial charge in [0.05, 0.1) is 21.3 Å². The molecule has 0 radical (unpaired) electrons. The minimum atomic E-state index is -0.449. The summed E-state index contributed by atoms with van der Waals surface area (Å²) in [5, 5.41) is 31.0. The Kier molecular flexibility index (Phi) is 27.5. The van der Waals surface area contributed by atoms with Gasteiger partial charge in [0, 0.05) is 19.6 Å². The van der Waals surface area contributed by atoms with Crippen molar-refractivity contribution in [3.8, 4) is 34.5 Å². The Hall–Kier alpha value is -6.12. The lowest BCUT2D eigenvalue weighted by Gasteiger charge is -2.28. The van der Waals surface area contributed by atoms with Gasteiger partial charge in [-0.25, -0.2) is 0 Å². The van der Waals surface area contributed by atoms with Crippen LogP contribution < -0.4 is 28.4 Å². The Bertz CT molecular complexity index is 2380. The second-order valence-corrected chi connectivity index (χ2v) is 21.9. The molecule has 438 valence electrons. The zero-order valence-corrected chi connectivity index (χ0v) is 48.8. The number of aliphatic hydroxyl groups is 3. The maximum atomic E-state index is 10.3. The number of rotatable bonds is 27. The van der Waals surface area contributed by atoms with Gasteiger partial charge in [-0.2, -0.15) is 0 Å². The third kappa shape index (κ3) is 23.0. The molecular formula is C69H93N3O9. The number of aryl methyl sites for hydroxylation is 6. The van der Waals surface area contributed by atoms with E-state index in [9.17, 15) is 15.3 Å². The molecule has 0 aliphatic carbocycles. The first-order chi connectivity index (χ1) is 39.7. The lowest BCUT2D eigenvalue weighted by atomic mass is 10.0. The van der Waals surface area contributed by atoms with Crippen molar-refractivity contribution in [3.05, 3.63) is 179 Å². The standard InChI is InChI=1S/3C23H31NO3/c3*1-26-22-10-7-8-19(16-22)12-13-20-9-3-4-11-23(20)27-18-21(25)17-24-14-5-2-6-15-24/h3*3-4,7-11,16,21,25H,2,5-6,12-15,17-18H2,1H3/t2*21-;/m10./s1. The van der Waals surface area contributed by atoms with Crippen LogP contribution in [0.3, 0.4) is 0 Å². The molecule has 0 saturated carbocycles. The Balaban J connectivity index is 0.000000175. The van der Waals surface area contributed by atoms with Gasteiger partial charge in [-0.3, -0.25) is 0 Å². The lowest BCUT2D eigenvalue weighted by Crippen LogP contribution is -2.38. The van der Waals surface area contributed by atoms with E-state index in [1.165, 1.54) is 91.2 Å². The molecule has 3 fully saturated rings. The number of ether oxygens (including phenoxy) is 6. The van der Waals surface area contributed by atoms with E-state index in [1.54, 1.807) is 21.3 Å². The summed E-state index contributed by atoms with van der Waals surface area (Å²) < 4.78 is 33.8. The van der Waals surface area contributed by atoms with Gasteiger partial charge in [0.15, 0.2) is 0 Å². The van der Waals surface area contributed by atoms with E-state index in [-0.39, 0.29) is 0 Å². The molecule has 12 nitrogen and oxygen atoms in total. The number of benzene rings is 6. The molecule has 6 aromatic carbocycles. The van der Waals surface area contributed by atoms with Crippen LogP contribution in [0.4, 0.5) is 0 Å². The molecule has 3 heterocycles. The van der Waals surface area contributed by atoms with Gasteiger partial charge in [-0.15, -0.1) is 0 Å². The summed E-state index contributed by atoms with van der Waals surface area (Å²) >= 11 is 0. The van der Waals surface area contributed by atoms with Crippen LogP contribution in [-0.2, 0) is 38.5 Å². The first kappa shape index (κ1) is 62.5. The highest BCUT2D eigenvalue weighted by atomic mass is 16.5. The smallest absolute Gasteiger partial charge is 0.122 e. The second kappa shape index (κ2) is 35.7. The van der Waals surface area contributed by atoms with E-state index < -0.39 is 18.3 Å². The molecule has 3 aliphatic heterocycles. The molecule has 3 atom stereocenters. The van der Waals surface area contributed by atoms with Crippen LogP contribution in [0.15, 0.2) is 146 Å². The van der Waals surface area contributed by atoms with Crippen LogP contribution in [-0.4, -0.2) is 148 Å². The van der Waals surface area contributed by atoms with Crippen LogP contribution in [0.5, 0.6) is 34.5 Å². The number of β-amino-alcohol motifs (C(OH)–C–C–N with tert-alkyl or cyclic N) is 3. The zero-order chi connectivity index (χ0) is 56.7. The van der Waals surface area contributed by atoms with Crippen LogP contribution >= 0.6 is 0 Å². The molecule has 3 N–H and O–H groups in total. The third-order valence-corrected chi connectivity index (χ3v) is 15.4. The SMILES string of the molecule is COc1cccc(CCc2ccccc2OCC(O)CN2CCCCC2)c1.COc1cccc(CCc2ccccc2OC[C@@H](O)CN2CCCCC2)c1.COc1cccc(CCc2ccccc2OC[C@H](O)CN2CCCCC2)c1. The summed E-state index contributed by atoms with van der Waals surface area (Å²) in [6, 6.07) is 48.9. The molecule has 81 heavy (non-hydrogen) atoms. The zero-order valence-electron chi connectivity index (χ0n) is 48.8. The first-order valence-corrected chi connectivity index (χ1v) is 30.0. The number of methoxy groups -OCH3 is 3. The Labute approximate surface area is 484 Å². The summed E-state index contributed by atoms with van der Waals surface area (Å²) in [7, 11) is 5.08. The van der Waals surface area contributed by atoms with E-state index in [0.717, 1.165) is 112 Å². The largest absolute Gasteiger partial charge is 0.497 e. The van der Waals surface area contributed by atoms with Crippen LogP contribution in [0, 0.1) is 0 Å². The van der Waals surface area contributed by atoms with Crippen LogP contribution in [0.25, 0.3) is 0 Å². The van der Waals surface area contributed by atoms with E-state index in [0.29, 0.717) is 39.5 Å². The molecule has 1 unspecified atom stereocenters. The summed E-state index contributed by atoms with van der Waals surface area (Å²) in [4.78, 5) is 7.02. The van der Waals surface area contributed by atoms with Gasteiger partial charge in [0.25, 0.3) is 0 Å². The highest BCUT2D eigenvalue weighted by Crippen LogP contribution is 2.26. The number of aliphatic hydroxyl groups excluding tert-OH is 3. The molecule has 12 heteroatoms. The molecule has 9 rings (SSSR count). The van der Waals surface area contributed by atoms with Gasteiger partial charge in [-0.1, -0.05) is 110 Å². The monoisotopic (exact) mass is 1110 g/mol. The van der Waals surface area contributed by atoms with Crippen molar-refractivity contribution in [2.24, 2.45) is 0 Å². The first-order valence-electron chi connectivity index (χ1n) is 30.0. The van der Waals surface area contributed by atoms with Crippen LogP contribution in [0.1, 0.15) is 91.2 Å². The highest BCUT2D eigenvalue weighted by molar-refractivity contribution is 5.38. The van der Waals surface area contributed by atoms with Crippen molar-refractivity contribution < 1.29 is 43.7 Å². The highest BCUT2D eigenvalue weighted by Gasteiger charge is 2.19. The molecule has 6 aromatic rings. The Morgan fingerprint density at radius 2 is 0.605 bits per heavy atom. The number of hydrogen-bond donors (Lipinski definition) is 3. The average molecular weight is 1110 g/mol. The quantitative estimate of drug-likeness (QED) is 0.0455. The van der Waals surface area contributed by atoms with Crippen molar-refractivity contribution in [2.75, 3.05) is 100 Å². The fraction of sp³-hybridized carbons (Fsp3) is 0.478. The predicted molar refractivity (Wildman–Crippen MR) is 326 cm³/mol. The predicted octanol–water partition coefficient (Wildman–Crippen LogP) is 11.1. The number of likely N-dealkylation sites (tertiary alicyclic amines) is 3. The second-order valence-electron chi connectivity index (χ2n) is 21.9. The van der Waals surface area contributed by atoms with E-state index >= 15 is 0 Å². The maximum Gasteiger partial charge on any atom is 0.122 e. The van der Waals surface area contributed by atoms with Gasteiger partial charge < -0.3 is 58.4 Å². The fourth-order valence-electron chi connectivity index (χ4n) is 10.9. The number of hydrogen-bond acceptors (Lipinski definition) is 12. The fourth-order valence-corrected chi connectivity index (χ4v) is 10.9. The number of para-hydroxylation sites is 3. The molecule has 3 aliphatic rings. The Morgan fingerprint density at radius 1 is 0.333 bits per heavy atom. The Morgan fingerprint density at radius 3 is 0.877 bits per heavy atom. The van der Waals surface area contributed by atoms with Gasteiger partial charge in [0.1, 0.15) is 72.6 Å². The summed E-state index contributed by atoms with van der Waals surface area (Å²) in [5.41, 5.74) is 7.25. The topological polar surface area (TPSA) is 126 Å². The summed E-state index contributed by atoms with van der Waals surface area (Å²) in [6.45, 7) is 9.67. The minimum absolute atomic E-state index is 0.340. The van der Waals surface area contributed by atoms with Gasteiger partial charge in [0.2, 0.25) is 0 Å². The molecule has 0 bridgehead atoms. The van der Waals surface area contributed by atoms with E-state index in [4.69, 9.17) is 28.4 Å². The normalized spacial score (nSPS) is 16.1. The van der Waals surface area contributed by atoms with Gasteiger partial charge >= 0.3 is 0 Å². The van der Waals surface area contributed by atoms with E-state index in [1.807, 2.05) is 91.0 Å². The minimum Gasteiger partial charge on any atom is -0.497 e. The van der Waals surface area contributed by atoms with Crippen molar-refractivity contribution in [1.82, 2.24) is 14.7 Å². The number of piperidine rings is 3. The molecule has 0 aromatic heterocycles. The van der Waals surface area contributed by atoms with E-state index in [2.05, 4.69) is 69.3 Å². The summed E-state index contributed by atoms with van der Waals surface area (Å²) in [6.07, 6.45) is 15.5. The van der Waals surface area contributed by atoms with Crippen molar-refractivity contribution >= 4 is 0 Å². The maximum absolute atomic E-state index is 10.3. The number of nitrogens with zero attached hydrogens (tertiary/aromatic N) is 3. The molecule has 3 saturated heterocycles. The molecule has 0 spiro atoms. The van der Waals surface area contributed by atoms with Gasteiger partial charge in [-0.05, 0) is 204 Å². The third-order valence-electron chi connectivity index (χ3n) is 15.4. The molecule has 0 amide bonds. The molecular weight excluding hydrogens is 1010 g/mol. The van der Waals surface area contributed by atoms with Crippen molar-refractivity contribution in [2.45, 2.75) is 115 Å².